The van der Waals surface area contributed by atoms with E-state index in [1.165, 1.54) is 56.2 Å². The second-order valence-electron chi connectivity index (χ2n) is 10.1. The molecule has 2 aliphatic heterocycles. The van der Waals surface area contributed by atoms with E-state index in [-0.39, 0.29) is 30.7 Å². The van der Waals surface area contributed by atoms with Gasteiger partial charge in [0.05, 0.1) is 6.26 Å². The Kier molecular flexibility index (Phi) is 8.07. The highest BCUT2D eigenvalue weighted by atomic mass is 16.3. The van der Waals surface area contributed by atoms with Crippen LogP contribution in [-0.4, -0.2) is 54.8 Å². The third kappa shape index (κ3) is 6.38. The van der Waals surface area contributed by atoms with Gasteiger partial charge in [-0.15, -0.1) is 0 Å². The van der Waals surface area contributed by atoms with Crippen LogP contribution in [0.2, 0.25) is 0 Å². The molecular formula is C27H39N3O3. The van der Waals surface area contributed by atoms with Gasteiger partial charge in [0.2, 0.25) is 11.8 Å². The number of carbonyl (C=O) groups excluding carboxylic acids is 2. The summed E-state index contributed by atoms with van der Waals surface area (Å²) in [4.78, 5) is 28.1. The summed E-state index contributed by atoms with van der Waals surface area (Å²) in [5.41, 5.74) is 2.51. The Bertz CT molecular complexity index is 884. The number of nitrogens with one attached hydrogen (secondary N) is 1. The van der Waals surface area contributed by atoms with Crippen molar-refractivity contribution in [3.05, 3.63) is 36.1 Å². The van der Waals surface area contributed by atoms with Crippen LogP contribution in [0, 0.1) is 5.92 Å². The zero-order chi connectivity index (χ0) is 23.2. The van der Waals surface area contributed by atoms with Crippen LogP contribution in [0.25, 0.3) is 11.3 Å². The van der Waals surface area contributed by atoms with E-state index in [2.05, 4.69) is 28.4 Å². The number of carbonyl (C=O) groups is 2. The van der Waals surface area contributed by atoms with Crippen molar-refractivity contribution in [1.29, 1.82) is 0 Å². The molecule has 1 saturated carbocycles. The van der Waals surface area contributed by atoms with Gasteiger partial charge in [-0.2, -0.15) is 0 Å². The lowest BCUT2D eigenvalue weighted by atomic mass is 9.83. The molecule has 2 amide bonds. The van der Waals surface area contributed by atoms with Gasteiger partial charge in [-0.25, -0.2) is 0 Å². The maximum atomic E-state index is 12.2. The van der Waals surface area contributed by atoms with E-state index in [9.17, 15) is 9.59 Å². The maximum Gasteiger partial charge on any atom is 0.222 e. The topological polar surface area (TPSA) is 65.8 Å². The maximum absolute atomic E-state index is 12.2. The van der Waals surface area contributed by atoms with Crippen LogP contribution in [-0.2, 0) is 9.59 Å². The molecule has 1 atom stereocenters. The van der Waals surface area contributed by atoms with Gasteiger partial charge in [-0.1, -0.05) is 18.6 Å². The van der Waals surface area contributed by atoms with Crippen LogP contribution < -0.4 is 5.32 Å². The van der Waals surface area contributed by atoms with Gasteiger partial charge < -0.3 is 14.6 Å². The number of hydrogen-bond donors (Lipinski definition) is 1. The van der Waals surface area contributed by atoms with Crippen LogP contribution in [0.4, 0.5) is 0 Å². The lowest BCUT2D eigenvalue weighted by molar-refractivity contribution is -0.131. The van der Waals surface area contributed by atoms with Gasteiger partial charge >= 0.3 is 0 Å². The summed E-state index contributed by atoms with van der Waals surface area (Å²) in [6, 6.07) is 9.25. The molecule has 4 aliphatic rings. The van der Waals surface area contributed by atoms with E-state index in [1.807, 2.05) is 12.3 Å². The smallest absolute Gasteiger partial charge is 0.222 e. The molecule has 2 fully saturated rings. The fourth-order valence-electron chi connectivity index (χ4n) is 5.49. The second kappa shape index (κ2) is 11.2. The monoisotopic (exact) mass is 453 g/mol. The molecule has 0 radical (unpaired) electrons. The van der Waals surface area contributed by atoms with Crippen LogP contribution in [0.15, 0.2) is 34.9 Å². The molecule has 6 nitrogen and oxygen atoms in total. The quantitative estimate of drug-likeness (QED) is 0.621. The molecule has 0 aromatic rings. The molecule has 1 unspecified atom stereocenters. The molecule has 0 aromatic heterocycles. The van der Waals surface area contributed by atoms with E-state index < -0.39 is 0 Å². The van der Waals surface area contributed by atoms with Crippen molar-refractivity contribution >= 4 is 11.8 Å². The summed E-state index contributed by atoms with van der Waals surface area (Å²) in [5, 5.41) is 3.15. The third-order valence-corrected chi connectivity index (χ3v) is 7.55. The number of hydrogen-bond acceptors (Lipinski definition) is 4. The summed E-state index contributed by atoms with van der Waals surface area (Å²) >= 11 is 0. The minimum absolute atomic E-state index is 0.00762. The van der Waals surface area contributed by atoms with Gasteiger partial charge in [-0.3, -0.25) is 14.5 Å². The van der Waals surface area contributed by atoms with Crippen molar-refractivity contribution in [2.45, 2.75) is 76.3 Å². The summed E-state index contributed by atoms with van der Waals surface area (Å²) in [6.45, 7) is 2.30. The van der Waals surface area contributed by atoms with Crippen molar-refractivity contribution < 1.29 is 14.0 Å². The van der Waals surface area contributed by atoms with Crippen molar-refractivity contribution in [1.82, 2.24) is 15.1 Å². The molecule has 0 aromatic carbocycles. The highest BCUT2D eigenvalue weighted by molar-refractivity contribution is 5.83. The molecular weight excluding hydrogens is 414 g/mol. The molecule has 4 rings (SSSR count). The summed E-state index contributed by atoms with van der Waals surface area (Å²) < 4.78 is 5.88. The molecule has 6 heteroatoms. The first-order valence-corrected chi connectivity index (χ1v) is 12.7. The third-order valence-electron chi connectivity index (χ3n) is 7.55. The Morgan fingerprint density at radius 2 is 1.91 bits per heavy atom. The van der Waals surface area contributed by atoms with Crippen molar-refractivity contribution in [3.8, 4) is 11.3 Å². The number of rotatable bonds is 8. The fourth-order valence-corrected chi connectivity index (χ4v) is 5.49. The molecule has 2 heterocycles. The van der Waals surface area contributed by atoms with E-state index in [0.717, 1.165) is 31.1 Å². The molecule has 2 aliphatic carbocycles. The fraction of sp³-hybridized carbons (Fsp3) is 0.630. The van der Waals surface area contributed by atoms with E-state index in [4.69, 9.17) is 4.42 Å². The normalized spacial score (nSPS) is 24.0. The lowest BCUT2D eigenvalue weighted by Gasteiger charge is -2.37. The highest BCUT2D eigenvalue weighted by Crippen LogP contribution is 2.36. The Morgan fingerprint density at radius 3 is 2.70 bits per heavy atom. The minimum Gasteiger partial charge on any atom is -0.464 e. The first-order valence-electron chi connectivity index (χ1n) is 12.7. The van der Waals surface area contributed by atoms with Crippen LogP contribution in [0.1, 0.15) is 75.8 Å². The van der Waals surface area contributed by atoms with Crippen LogP contribution in [0.5, 0.6) is 0 Å². The molecule has 1 saturated heterocycles. The SMILES string of the molecule is CN(C)C(=O)CCC(=O)NC1CCC(CCN2CCCCC2c2coc3cccc-3c2)CC1. The van der Waals surface area contributed by atoms with Gasteiger partial charge in [0, 0.05) is 50.1 Å². The van der Waals surface area contributed by atoms with Gasteiger partial charge in [0.25, 0.3) is 0 Å². The van der Waals surface area contributed by atoms with Gasteiger partial charge in [0.15, 0.2) is 0 Å². The predicted molar refractivity (Wildman–Crippen MR) is 130 cm³/mol. The number of likely N-dealkylation sites (tertiary alicyclic amines) is 1. The Morgan fingerprint density at radius 1 is 1.09 bits per heavy atom. The Labute approximate surface area is 198 Å². The summed E-state index contributed by atoms with van der Waals surface area (Å²) in [5.74, 6) is 1.72. The molecule has 1 N–H and O–H groups in total. The van der Waals surface area contributed by atoms with Gasteiger partial charge in [-0.05, 0) is 76.1 Å². The predicted octanol–water partition coefficient (Wildman–Crippen LogP) is 4.84. The number of amides is 2. The first-order chi connectivity index (χ1) is 16.0. The number of piperidine rings is 1. The summed E-state index contributed by atoms with van der Waals surface area (Å²) in [6.07, 6.45) is 12.0. The van der Waals surface area contributed by atoms with E-state index >= 15 is 0 Å². The Hall–Kier alpha value is -2.34. The van der Waals surface area contributed by atoms with Crippen molar-refractivity contribution in [2.75, 3.05) is 27.2 Å². The van der Waals surface area contributed by atoms with Crippen LogP contribution >= 0.6 is 0 Å². The number of nitrogens with zero attached hydrogens (tertiary/aromatic N) is 2. The Balaban J connectivity index is 1.21. The van der Waals surface area contributed by atoms with Crippen molar-refractivity contribution in [3.63, 3.8) is 0 Å². The molecule has 0 spiro atoms. The van der Waals surface area contributed by atoms with E-state index in [0.29, 0.717) is 6.04 Å². The van der Waals surface area contributed by atoms with E-state index in [1.54, 1.807) is 19.0 Å². The molecule has 0 bridgehead atoms. The van der Waals surface area contributed by atoms with Crippen LogP contribution in [0.3, 0.4) is 0 Å². The van der Waals surface area contributed by atoms with Gasteiger partial charge in [0.1, 0.15) is 5.76 Å². The average Bonchev–Trinajstić information content (AvgIpc) is 3.30. The van der Waals surface area contributed by atoms with Crippen molar-refractivity contribution in [2.24, 2.45) is 5.92 Å². The lowest BCUT2D eigenvalue weighted by Crippen LogP contribution is -2.39. The second-order valence-corrected chi connectivity index (χ2v) is 10.1. The number of fused-ring (bicyclic) bond motifs is 1. The zero-order valence-electron chi connectivity index (χ0n) is 20.2. The standard InChI is InChI=1S/C27H39N3O3/c1-29(2)27(32)14-13-26(31)28-23-11-9-20(10-12-23)15-17-30-16-4-3-7-24(30)22-18-21-6-5-8-25(21)33-19-22/h5-6,8,18-20,23-24H,3-4,7,9-17H2,1-2H3,(H,28,31). The average molecular weight is 454 g/mol. The molecule has 180 valence electrons. The first kappa shape index (κ1) is 23.8. The minimum atomic E-state index is 0.00762. The largest absolute Gasteiger partial charge is 0.464 e. The highest BCUT2D eigenvalue weighted by Gasteiger charge is 2.28. The molecule has 33 heavy (non-hydrogen) atoms. The summed E-state index contributed by atoms with van der Waals surface area (Å²) in [7, 11) is 3.45. The zero-order valence-corrected chi connectivity index (χ0v) is 20.2.